The molecule has 18 heavy (non-hydrogen) atoms. The summed E-state index contributed by atoms with van der Waals surface area (Å²) >= 11 is 0. The van der Waals surface area contributed by atoms with Gasteiger partial charge in [0.2, 0.25) is 5.91 Å². The Morgan fingerprint density at radius 2 is 2.22 bits per heavy atom. The normalized spacial score (nSPS) is 32.5. The minimum atomic E-state index is -0.987. The highest BCUT2D eigenvalue weighted by molar-refractivity contribution is 5.87. The first-order valence-corrected chi connectivity index (χ1v) is 6.78. The molecule has 2 aliphatic rings. The van der Waals surface area contributed by atoms with Gasteiger partial charge in [-0.2, -0.15) is 0 Å². The Morgan fingerprint density at radius 3 is 2.83 bits per heavy atom. The molecule has 102 valence electrons. The number of carboxylic acids is 1. The highest BCUT2D eigenvalue weighted by Crippen LogP contribution is 2.31. The van der Waals surface area contributed by atoms with Gasteiger partial charge in [0.1, 0.15) is 5.54 Å². The fourth-order valence-corrected chi connectivity index (χ4v) is 3.04. The van der Waals surface area contributed by atoms with Crippen LogP contribution in [0.2, 0.25) is 0 Å². The molecule has 5 nitrogen and oxygen atoms in total. The van der Waals surface area contributed by atoms with Crippen LogP contribution in [-0.4, -0.2) is 47.1 Å². The van der Waals surface area contributed by atoms with E-state index in [1.807, 2.05) is 0 Å². The highest BCUT2D eigenvalue weighted by atomic mass is 16.4. The third-order valence-corrected chi connectivity index (χ3v) is 4.27. The van der Waals surface area contributed by atoms with E-state index in [4.69, 9.17) is 0 Å². The van der Waals surface area contributed by atoms with Crippen molar-refractivity contribution in [2.45, 2.75) is 44.6 Å². The monoisotopic (exact) mass is 254 g/mol. The van der Waals surface area contributed by atoms with E-state index in [0.717, 1.165) is 32.4 Å². The molecule has 5 heteroatoms. The number of aliphatic carboxylic acids is 1. The number of piperidine rings is 1. The molecule has 0 aliphatic carbocycles. The van der Waals surface area contributed by atoms with Crippen LogP contribution >= 0.6 is 0 Å². The summed E-state index contributed by atoms with van der Waals surface area (Å²) in [7, 11) is 0. The Kier molecular flexibility index (Phi) is 3.90. The van der Waals surface area contributed by atoms with Gasteiger partial charge in [0, 0.05) is 13.0 Å². The summed E-state index contributed by atoms with van der Waals surface area (Å²) in [5, 5.41) is 12.6. The molecule has 2 N–H and O–H groups in total. The van der Waals surface area contributed by atoms with Crippen molar-refractivity contribution in [1.82, 2.24) is 10.2 Å². The summed E-state index contributed by atoms with van der Waals surface area (Å²) in [6.07, 6.45) is 4.01. The summed E-state index contributed by atoms with van der Waals surface area (Å²) in [5.74, 6) is -0.508. The predicted molar refractivity (Wildman–Crippen MR) is 67.2 cm³/mol. The molecule has 2 aliphatic heterocycles. The standard InChI is InChI=1S/C13H22N2O3/c1-13(12(17)18)5-3-7-15(13)11(16)8-10-4-2-6-14-9-10/h10,14H,2-9H2,1H3,(H,17,18). The van der Waals surface area contributed by atoms with E-state index < -0.39 is 11.5 Å². The maximum Gasteiger partial charge on any atom is 0.329 e. The van der Waals surface area contributed by atoms with Gasteiger partial charge in [-0.15, -0.1) is 0 Å². The Bertz CT molecular complexity index is 339. The van der Waals surface area contributed by atoms with Crippen LogP contribution in [0.1, 0.15) is 39.0 Å². The van der Waals surface area contributed by atoms with Crippen LogP contribution in [0.5, 0.6) is 0 Å². The number of carbonyl (C=O) groups is 2. The Balaban J connectivity index is 1.97. The first-order valence-electron chi connectivity index (χ1n) is 6.78. The SMILES string of the molecule is CC1(C(=O)O)CCCN1C(=O)CC1CCCNC1. The third-order valence-electron chi connectivity index (χ3n) is 4.27. The van der Waals surface area contributed by atoms with Crippen molar-refractivity contribution in [2.24, 2.45) is 5.92 Å². The van der Waals surface area contributed by atoms with E-state index in [2.05, 4.69) is 5.32 Å². The van der Waals surface area contributed by atoms with Crippen molar-refractivity contribution < 1.29 is 14.7 Å². The van der Waals surface area contributed by atoms with Crippen molar-refractivity contribution in [3.05, 3.63) is 0 Å². The summed E-state index contributed by atoms with van der Waals surface area (Å²) in [6.45, 7) is 4.16. The molecule has 0 radical (unpaired) electrons. The van der Waals surface area contributed by atoms with E-state index in [1.165, 1.54) is 0 Å². The number of nitrogens with one attached hydrogen (secondary N) is 1. The van der Waals surface area contributed by atoms with Gasteiger partial charge in [0.25, 0.3) is 0 Å². The van der Waals surface area contributed by atoms with Gasteiger partial charge in [-0.25, -0.2) is 4.79 Å². The van der Waals surface area contributed by atoms with Crippen molar-refractivity contribution in [2.75, 3.05) is 19.6 Å². The Morgan fingerprint density at radius 1 is 1.44 bits per heavy atom. The molecular formula is C13H22N2O3. The predicted octanol–water partition coefficient (Wildman–Crippen LogP) is 0.842. The van der Waals surface area contributed by atoms with Crippen LogP contribution in [0, 0.1) is 5.92 Å². The molecule has 2 unspecified atom stereocenters. The van der Waals surface area contributed by atoms with Gasteiger partial charge >= 0.3 is 5.97 Å². The van der Waals surface area contributed by atoms with Crippen LogP contribution in [0.15, 0.2) is 0 Å². The van der Waals surface area contributed by atoms with E-state index in [-0.39, 0.29) is 5.91 Å². The molecule has 2 heterocycles. The largest absolute Gasteiger partial charge is 0.480 e. The molecule has 2 rings (SSSR count). The van der Waals surface area contributed by atoms with E-state index >= 15 is 0 Å². The molecule has 0 spiro atoms. The average molecular weight is 254 g/mol. The maximum absolute atomic E-state index is 12.3. The van der Waals surface area contributed by atoms with E-state index in [0.29, 0.717) is 25.3 Å². The number of likely N-dealkylation sites (tertiary alicyclic amines) is 1. The molecular weight excluding hydrogens is 232 g/mol. The Labute approximate surface area is 108 Å². The number of carboxylic acid groups (broad SMARTS) is 1. The van der Waals surface area contributed by atoms with E-state index in [9.17, 15) is 14.7 Å². The summed E-state index contributed by atoms with van der Waals surface area (Å²) in [5.41, 5.74) is -0.987. The lowest BCUT2D eigenvalue weighted by Crippen LogP contribution is -2.51. The van der Waals surface area contributed by atoms with Gasteiger partial charge in [-0.3, -0.25) is 4.79 Å². The second kappa shape index (κ2) is 5.26. The lowest BCUT2D eigenvalue weighted by molar-refractivity contribution is -0.155. The van der Waals surface area contributed by atoms with Crippen LogP contribution < -0.4 is 5.32 Å². The minimum absolute atomic E-state index is 0.00565. The van der Waals surface area contributed by atoms with Crippen molar-refractivity contribution in [3.63, 3.8) is 0 Å². The van der Waals surface area contributed by atoms with Gasteiger partial charge in [0.05, 0.1) is 0 Å². The van der Waals surface area contributed by atoms with Crippen molar-refractivity contribution in [1.29, 1.82) is 0 Å². The molecule has 0 aromatic rings. The van der Waals surface area contributed by atoms with E-state index in [1.54, 1.807) is 11.8 Å². The second-order valence-electron chi connectivity index (χ2n) is 5.64. The maximum atomic E-state index is 12.3. The highest BCUT2D eigenvalue weighted by Gasteiger charge is 2.45. The van der Waals surface area contributed by atoms with Crippen molar-refractivity contribution >= 4 is 11.9 Å². The number of carbonyl (C=O) groups excluding carboxylic acids is 1. The molecule has 2 fully saturated rings. The zero-order valence-corrected chi connectivity index (χ0v) is 10.9. The second-order valence-corrected chi connectivity index (χ2v) is 5.64. The summed E-state index contributed by atoms with van der Waals surface area (Å²) in [6, 6.07) is 0. The lowest BCUT2D eigenvalue weighted by atomic mass is 9.94. The van der Waals surface area contributed by atoms with Gasteiger partial charge in [0.15, 0.2) is 0 Å². The number of hydrogen-bond donors (Lipinski definition) is 2. The Hall–Kier alpha value is -1.10. The molecule has 2 atom stereocenters. The summed E-state index contributed by atoms with van der Waals surface area (Å²) < 4.78 is 0. The number of nitrogens with zero attached hydrogens (tertiary/aromatic N) is 1. The topological polar surface area (TPSA) is 69.6 Å². The molecule has 0 aromatic heterocycles. The molecule has 0 bridgehead atoms. The van der Waals surface area contributed by atoms with Crippen LogP contribution in [0.25, 0.3) is 0 Å². The van der Waals surface area contributed by atoms with Crippen LogP contribution in [-0.2, 0) is 9.59 Å². The molecule has 1 amide bonds. The average Bonchev–Trinajstić information content (AvgIpc) is 2.74. The summed E-state index contributed by atoms with van der Waals surface area (Å²) in [4.78, 5) is 25.2. The lowest BCUT2D eigenvalue weighted by Gasteiger charge is -2.33. The zero-order chi connectivity index (χ0) is 13.2. The first kappa shape index (κ1) is 13.3. The number of rotatable bonds is 3. The third kappa shape index (κ3) is 2.51. The number of hydrogen-bond acceptors (Lipinski definition) is 3. The quantitative estimate of drug-likeness (QED) is 0.783. The van der Waals surface area contributed by atoms with Gasteiger partial charge in [-0.1, -0.05) is 0 Å². The fourth-order valence-electron chi connectivity index (χ4n) is 3.04. The number of amides is 1. The molecule has 0 aromatic carbocycles. The first-order chi connectivity index (χ1) is 8.54. The van der Waals surface area contributed by atoms with Gasteiger partial charge < -0.3 is 15.3 Å². The van der Waals surface area contributed by atoms with Crippen molar-refractivity contribution in [3.8, 4) is 0 Å². The fraction of sp³-hybridized carbons (Fsp3) is 0.846. The van der Waals surface area contributed by atoms with Crippen LogP contribution in [0.3, 0.4) is 0 Å². The van der Waals surface area contributed by atoms with Crippen LogP contribution in [0.4, 0.5) is 0 Å². The smallest absolute Gasteiger partial charge is 0.329 e. The minimum Gasteiger partial charge on any atom is -0.480 e. The molecule has 0 saturated carbocycles. The molecule has 2 saturated heterocycles. The zero-order valence-electron chi connectivity index (χ0n) is 10.9. The van der Waals surface area contributed by atoms with Gasteiger partial charge in [-0.05, 0) is 51.6 Å².